The fraction of sp³-hybridized carbons (Fsp3) is 0. The predicted octanol–water partition coefficient (Wildman–Crippen LogP) is 2.99. The van der Waals surface area contributed by atoms with Crippen LogP contribution in [0.1, 0.15) is 0 Å². The molecular weight excluding hydrogens is 388 g/mol. The lowest BCUT2D eigenvalue weighted by molar-refractivity contribution is 0.454. The molecule has 3 rings (SSSR count). The molecule has 0 fully saturated rings. The third-order valence-electron chi connectivity index (χ3n) is 3.57. The highest BCUT2D eigenvalue weighted by Gasteiger charge is 2.30. The summed E-state index contributed by atoms with van der Waals surface area (Å²) in [6.07, 6.45) is 0. The van der Waals surface area contributed by atoms with Gasteiger partial charge in [-0.05, 0) is 36.4 Å². The van der Waals surface area contributed by atoms with E-state index in [9.17, 15) is 21.9 Å². The van der Waals surface area contributed by atoms with E-state index in [1.165, 1.54) is 30.3 Å². The highest BCUT2D eigenvalue weighted by Crippen LogP contribution is 2.32. The lowest BCUT2D eigenvalue weighted by atomic mass is 10.3. The van der Waals surface area contributed by atoms with Gasteiger partial charge in [0.15, 0.2) is 0 Å². The molecule has 9 heteroatoms. The van der Waals surface area contributed by atoms with Crippen LogP contribution >= 0.6 is 0 Å². The first-order valence-corrected chi connectivity index (χ1v) is 10.7. The van der Waals surface area contributed by atoms with Crippen LogP contribution in [0.5, 0.6) is 5.75 Å². The number of hydrogen-bond donors (Lipinski definition) is 3. The Kier molecular flexibility index (Phi) is 5.06. The normalized spacial score (nSPS) is 11.7. The number of hydrogen-bond acceptors (Lipinski definition) is 5. The molecule has 3 N–H and O–H groups in total. The number of sulfonamides is 2. The molecular formula is C18H16N2O5S2. The maximum Gasteiger partial charge on any atom is 0.266 e. The lowest BCUT2D eigenvalue weighted by Crippen LogP contribution is -2.20. The van der Waals surface area contributed by atoms with Crippen LogP contribution < -0.4 is 9.44 Å². The summed E-state index contributed by atoms with van der Waals surface area (Å²) in [5.74, 6) is -0.672. The van der Waals surface area contributed by atoms with Gasteiger partial charge in [-0.3, -0.25) is 9.44 Å². The molecule has 140 valence electrons. The SMILES string of the molecule is O=S(=O)(Nc1ccccc1)c1cccc(O)c1S(=O)(=O)Nc1ccccc1. The first-order valence-electron chi connectivity index (χ1n) is 7.77. The zero-order valence-electron chi connectivity index (χ0n) is 13.9. The Hall–Kier alpha value is -3.04. The predicted molar refractivity (Wildman–Crippen MR) is 103 cm³/mol. The monoisotopic (exact) mass is 404 g/mol. The van der Waals surface area contributed by atoms with E-state index in [1.54, 1.807) is 36.4 Å². The van der Waals surface area contributed by atoms with Gasteiger partial charge in [0.1, 0.15) is 15.5 Å². The highest BCUT2D eigenvalue weighted by atomic mass is 32.2. The number of anilines is 2. The van der Waals surface area contributed by atoms with Crippen LogP contribution in [0, 0.1) is 0 Å². The van der Waals surface area contributed by atoms with Crippen molar-refractivity contribution in [1.82, 2.24) is 0 Å². The van der Waals surface area contributed by atoms with Crippen LogP contribution in [0.3, 0.4) is 0 Å². The molecule has 0 radical (unpaired) electrons. The van der Waals surface area contributed by atoms with E-state index in [0.29, 0.717) is 0 Å². The second-order valence-electron chi connectivity index (χ2n) is 5.55. The molecule has 0 spiro atoms. The molecule has 7 nitrogen and oxygen atoms in total. The Morgan fingerprint density at radius 2 is 1.07 bits per heavy atom. The first-order chi connectivity index (χ1) is 12.8. The largest absolute Gasteiger partial charge is 0.506 e. The molecule has 3 aromatic rings. The zero-order valence-corrected chi connectivity index (χ0v) is 15.5. The minimum atomic E-state index is -4.37. The maximum atomic E-state index is 12.8. The molecule has 0 atom stereocenters. The number of para-hydroxylation sites is 2. The van der Waals surface area contributed by atoms with E-state index in [4.69, 9.17) is 0 Å². The summed E-state index contributed by atoms with van der Waals surface area (Å²) in [6, 6.07) is 19.5. The highest BCUT2D eigenvalue weighted by molar-refractivity contribution is 7.95. The summed E-state index contributed by atoms with van der Waals surface area (Å²) in [4.78, 5) is -1.29. The third-order valence-corrected chi connectivity index (χ3v) is 6.59. The number of benzene rings is 3. The molecule has 0 unspecified atom stereocenters. The van der Waals surface area contributed by atoms with Crippen molar-refractivity contribution < 1.29 is 21.9 Å². The van der Waals surface area contributed by atoms with Crippen LogP contribution in [0.25, 0.3) is 0 Å². The Balaban J connectivity index is 2.07. The third kappa shape index (κ3) is 4.21. The van der Waals surface area contributed by atoms with E-state index in [2.05, 4.69) is 9.44 Å². The number of phenolic OH excluding ortho intramolecular Hbond substituents is 1. The van der Waals surface area contributed by atoms with Gasteiger partial charge >= 0.3 is 0 Å². The number of nitrogens with one attached hydrogen (secondary N) is 2. The van der Waals surface area contributed by atoms with Gasteiger partial charge in [-0.25, -0.2) is 16.8 Å². The van der Waals surface area contributed by atoms with Gasteiger partial charge in [-0.15, -0.1) is 0 Å². The van der Waals surface area contributed by atoms with Gasteiger partial charge < -0.3 is 5.11 Å². The second kappa shape index (κ2) is 7.29. The van der Waals surface area contributed by atoms with Crippen molar-refractivity contribution in [3.8, 4) is 5.75 Å². The van der Waals surface area contributed by atoms with Gasteiger partial charge in [0.05, 0.1) is 0 Å². The van der Waals surface area contributed by atoms with Crippen molar-refractivity contribution in [2.75, 3.05) is 9.44 Å². The van der Waals surface area contributed by atoms with Gasteiger partial charge in [0.2, 0.25) is 0 Å². The van der Waals surface area contributed by atoms with Crippen molar-refractivity contribution in [3.05, 3.63) is 78.9 Å². The van der Waals surface area contributed by atoms with E-state index >= 15 is 0 Å². The minimum Gasteiger partial charge on any atom is -0.506 e. The quantitative estimate of drug-likeness (QED) is 0.585. The molecule has 27 heavy (non-hydrogen) atoms. The van der Waals surface area contributed by atoms with Crippen molar-refractivity contribution >= 4 is 31.4 Å². The van der Waals surface area contributed by atoms with Crippen LogP contribution in [0.4, 0.5) is 11.4 Å². The molecule has 0 aliphatic heterocycles. The van der Waals surface area contributed by atoms with Gasteiger partial charge in [-0.2, -0.15) is 0 Å². The summed E-state index contributed by atoms with van der Waals surface area (Å²) in [6.45, 7) is 0. The van der Waals surface area contributed by atoms with Crippen molar-refractivity contribution in [2.45, 2.75) is 9.79 Å². The summed E-state index contributed by atoms with van der Waals surface area (Å²) in [5.41, 5.74) is 0.500. The first kappa shape index (κ1) is 18.7. The van der Waals surface area contributed by atoms with Gasteiger partial charge in [0.25, 0.3) is 20.0 Å². The van der Waals surface area contributed by atoms with E-state index in [0.717, 1.165) is 12.1 Å². The summed E-state index contributed by atoms with van der Waals surface area (Å²) >= 11 is 0. The van der Waals surface area contributed by atoms with Crippen LogP contribution in [0.15, 0.2) is 88.7 Å². The molecule has 0 aliphatic carbocycles. The Bertz CT molecular complexity index is 1150. The Labute approximate surface area is 157 Å². The maximum absolute atomic E-state index is 12.8. The van der Waals surface area contributed by atoms with Crippen molar-refractivity contribution in [2.24, 2.45) is 0 Å². The number of phenols is 1. The molecule has 0 amide bonds. The molecule has 0 aromatic heterocycles. The zero-order chi connectivity index (χ0) is 19.5. The molecule has 0 bridgehead atoms. The summed E-state index contributed by atoms with van der Waals surface area (Å²) in [5, 5.41) is 10.1. The Morgan fingerprint density at radius 1 is 0.593 bits per heavy atom. The van der Waals surface area contributed by atoms with E-state index < -0.39 is 35.6 Å². The van der Waals surface area contributed by atoms with Gasteiger partial charge in [-0.1, -0.05) is 42.5 Å². The Morgan fingerprint density at radius 3 is 1.59 bits per heavy atom. The number of aromatic hydroxyl groups is 1. The standard InChI is InChI=1S/C18H16N2O5S2/c21-16-12-7-13-17(26(22,23)19-14-8-3-1-4-9-14)18(16)27(24,25)20-15-10-5-2-6-11-15/h1-13,19-21H. The molecule has 0 saturated heterocycles. The summed E-state index contributed by atoms with van der Waals surface area (Å²) < 4.78 is 55.7. The van der Waals surface area contributed by atoms with Crippen LogP contribution in [-0.4, -0.2) is 21.9 Å². The fourth-order valence-corrected chi connectivity index (χ4v) is 5.46. The minimum absolute atomic E-state index is 0.236. The molecule has 3 aromatic carbocycles. The lowest BCUT2D eigenvalue weighted by Gasteiger charge is -2.15. The van der Waals surface area contributed by atoms with Crippen molar-refractivity contribution in [1.29, 1.82) is 0 Å². The second-order valence-corrected chi connectivity index (χ2v) is 8.82. The molecule has 0 heterocycles. The fourth-order valence-electron chi connectivity index (χ4n) is 2.41. The van der Waals surface area contributed by atoms with Gasteiger partial charge in [0, 0.05) is 11.4 Å². The average Bonchev–Trinajstić information content (AvgIpc) is 2.62. The topological polar surface area (TPSA) is 113 Å². The smallest absolute Gasteiger partial charge is 0.266 e. The van der Waals surface area contributed by atoms with Crippen LogP contribution in [-0.2, 0) is 20.0 Å². The van der Waals surface area contributed by atoms with E-state index in [-0.39, 0.29) is 11.4 Å². The average molecular weight is 404 g/mol. The van der Waals surface area contributed by atoms with Crippen LogP contribution in [0.2, 0.25) is 0 Å². The summed E-state index contributed by atoms with van der Waals surface area (Å²) in [7, 11) is -8.64. The van der Waals surface area contributed by atoms with Crippen molar-refractivity contribution in [3.63, 3.8) is 0 Å². The molecule has 0 saturated carbocycles. The number of rotatable bonds is 6. The van der Waals surface area contributed by atoms with E-state index in [1.807, 2.05) is 0 Å². The molecule has 0 aliphatic rings.